The molecule has 2 aliphatic heterocycles. The van der Waals surface area contributed by atoms with Crippen molar-refractivity contribution < 1.29 is 18.5 Å². The predicted molar refractivity (Wildman–Crippen MR) is 201 cm³/mol. The zero-order chi connectivity index (χ0) is 34.7. The minimum Gasteiger partial charge on any atom is -0.491 e. The molecular formula is C41H50N4O4S. The second-order valence-corrected chi connectivity index (χ2v) is 14.7. The number of benzene rings is 2. The number of nitrogens with zero attached hydrogens (tertiary/aromatic N) is 3. The smallest absolute Gasteiger partial charge is 0.233 e. The molecule has 1 fully saturated rings. The van der Waals surface area contributed by atoms with Crippen LogP contribution in [0.3, 0.4) is 0 Å². The van der Waals surface area contributed by atoms with Gasteiger partial charge in [-0.1, -0.05) is 63.1 Å². The highest BCUT2D eigenvalue weighted by Crippen LogP contribution is 2.38. The number of carbonyl (C=O) groups excluding carboxylic acids is 1. The van der Waals surface area contributed by atoms with Crippen molar-refractivity contribution in [1.82, 2.24) is 14.5 Å². The summed E-state index contributed by atoms with van der Waals surface area (Å²) in [5.41, 5.74) is 6.49. The molecule has 1 saturated carbocycles. The first-order chi connectivity index (χ1) is 24.5. The Labute approximate surface area is 299 Å². The Bertz CT molecular complexity index is 1740. The van der Waals surface area contributed by atoms with E-state index in [9.17, 15) is 9.00 Å². The minimum atomic E-state index is -1.21. The fourth-order valence-electron chi connectivity index (χ4n) is 6.90. The van der Waals surface area contributed by atoms with Gasteiger partial charge >= 0.3 is 0 Å². The fraction of sp³-hybridized carbons (Fsp3) is 0.415. The molecule has 1 aromatic heterocycles. The van der Waals surface area contributed by atoms with E-state index < -0.39 is 10.8 Å². The summed E-state index contributed by atoms with van der Waals surface area (Å²) in [5, 5.41) is 3.13. The van der Waals surface area contributed by atoms with Gasteiger partial charge in [0.25, 0.3) is 0 Å². The van der Waals surface area contributed by atoms with Crippen LogP contribution in [-0.2, 0) is 32.6 Å². The largest absolute Gasteiger partial charge is 0.491 e. The average molecular weight is 695 g/mol. The van der Waals surface area contributed by atoms with E-state index in [2.05, 4.69) is 70.1 Å². The Morgan fingerprint density at radius 1 is 1.00 bits per heavy atom. The summed E-state index contributed by atoms with van der Waals surface area (Å²) >= 11 is 0. The van der Waals surface area contributed by atoms with Crippen molar-refractivity contribution in [2.24, 2.45) is 5.92 Å². The number of carbonyl (C=O) groups is 1. The van der Waals surface area contributed by atoms with Gasteiger partial charge in [-0.25, -0.2) is 4.98 Å². The van der Waals surface area contributed by atoms with Crippen molar-refractivity contribution in [3.8, 4) is 5.75 Å². The van der Waals surface area contributed by atoms with Gasteiger partial charge in [0.15, 0.2) is 0 Å². The Balaban J connectivity index is 1.15. The Morgan fingerprint density at radius 3 is 2.64 bits per heavy atom. The third-order valence-corrected chi connectivity index (χ3v) is 11.0. The topological polar surface area (TPSA) is 85.7 Å². The maximum atomic E-state index is 13.7. The molecule has 6 rings (SSSR count). The molecule has 3 aliphatic rings. The number of rotatable bonds is 15. The molecule has 0 bridgehead atoms. The highest BCUT2D eigenvalue weighted by atomic mass is 32.2. The lowest BCUT2D eigenvalue weighted by molar-refractivity contribution is -0.119. The van der Waals surface area contributed by atoms with Gasteiger partial charge in [-0.2, -0.15) is 0 Å². The number of aromatic nitrogens is 2. The second kappa shape index (κ2) is 17.6. The molecule has 1 amide bonds. The summed E-state index contributed by atoms with van der Waals surface area (Å²) in [6.07, 6.45) is 22.2. The van der Waals surface area contributed by atoms with Gasteiger partial charge in [0.2, 0.25) is 5.91 Å². The van der Waals surface area contributed by atoms with Crippen molar-refractivity contribution >= 4 is 28.0 Å². The summed E-state index contributed by atoms with van der Waals surface area (Å²) in [6, 6.07) is 15.9. The molecule has 50 heavy (non-hydrogen) atoms. The van der Waals surface area contributed by atoms with E-state index in [0.717, 1.165) is 78.4 Å². The predicted octanol–water partition coefficient (Wildman–Crippen LogP) is 8.07. The van der Waals surface area contributed by atoms with E-state index >= 15 is 0 Å². The van der Waals surface area contributed by atoms with Crippen LogP contribution < -0.4 is 10.1 Å². The van der Waals surface area contributed by atoms with Crippen LogP contribution in [0.4, 0.5) is 5.69 Å². The number of ether oxygens (including phenoxy) is 2. The van der Waals surface area contributed by atoms with E-state index in [4.69, 9.17) is 9.47 Å². The summed E-state index contributed by atoms with van der Waals surface area (Å²) in [4.78, 5) is 21.1. The number of anilines is 1. The summed E-state index contributed by atoms with van der Waals surface area (Å²) < 4.78 is 26.8. The van der Waals surface area contributed by atoms with E-state index in [0.29, 0.717) is 31.2 Å². The van der Waals surface area contributed by atoms with Gasteiger partial charge < -0.3 is 24.3 Å². The van der Waals surface area contributed by atoms with Gasteiger partial charge in [-0.15, -0.1) is 0 Å². The molecule has 3 atom stereocenters. The molecule has 2 aromatic carbocycles. The Kier molecular flexibility index (Phi) is 12.6. The maximum Gasteiger partial charge on any atom is 0.233 e. The zero-order valence-corrected chi connectivity index (χ0v) is 30.2. The molecule has 1 aliphatic carbocycles. The molecule has 0 radical (unpaired) electrons. The number of hydrogen-bond donors (Lipinski definition) is 1. The van der Waals surface area contributed by atoms with Crippen LogP contribution in [0.5, 0.6) is 5.75 Å². The molecule has 264 valence electrons. The minimum absolute atomic E-state index is 0.0432. The van der Waals surface area contributed by atoms with Crippen molar-refractivity contribution in [2.45, 2.75) is 82.0 Å². The number of hydrogen-bond acceptors (Lipinski definition) is 6. The van der Waals surface area contributed by atoms with Crippen LogP contribution in [0.2, 0.25) is 0 Å². The highest BCUT2D eigenvalue weighted by molar-refractivity contribution is 7.84. The summed E-state index contributed by atoms with van der Waals surface area (Å²) in [5.74, 6) is 0.882. The van der Waals surface area contributed by atoms with Crippen LogP contribution in [0.1, 0.15) is 70.1 Å². The van der Waals surface area contributed by atoms with Crippen molar-refractivity contribution in [3.63, 3.8) is 0 Å². The molecule has 1 N–H and O–H groups in total. The fourth-order valence-corrected chi connectivity index (χ4v) is 8.02. The van der Waals surface area contributed by atoms with E-state index in [1.165, 1.54) is 18.4 Å². The second-order valence-electron chi connectivity index (χ2n) is 13.2. The SMILES string of the molecule is CCCCOCCOc1ccc(C2=C3\C=CC(C(=O)Nc4ccc([S@@](=O)Cc5cncn5CCC)cc4)CN3C3CCCC/C3=C/C=C\2)cc1. The van der Waals surface area contributed by atoms with Crippen LogP contribution in [0.15, 0.2) is 108 Å². The Morgan fingerprint density at radius 2 is 1.84 bits per heavy atom. The molecular weight excluding hydrogens is 645 g/mol. The standard InChI is InChI=1S/C41H50N4O4S/c1-3-5-24-48-25-26-49-36-18-13-31(14-19-36)38-11-8-10-32-9-6-7-12-39(32)45-28-33(15-22-40(38)45)41(46)43-34-16-20-37(21-17-34)50(47)29-35-27-42-30-44(35)23-4-2/h8,10-11,13-22,27,30,33,39H,3-7,9,12,23-26,28-29H2,1-2H3,(H,43,46)/b11-8-,32-10-,40-38+/t33?,39?,50-/m0/s1. The molecule has 3 heterocycles. The lowest BCUT2D eigenvalue weighted by atomic mass is 9.84. The van der Waals surface area contributed by atoms with Crippen molar-refractivity contribution in [3.05, 3.63) is 114 Å². The lowest BCUT2D eigenvalue weighted by Gasteiger charge is -2.43. The average Bonchev–Trinajstić information content (AvgIpc) is 3.57. The molecule has 9 heteroatoms. The zero-order valence-electron chi connectivity index (χ0n) is 29.4. The first-order valence-electron chi connectivity index (χ1n) is 18.2. The molecule has 8 nitrogen and oxygen atoms in total. The van der Waals surface area contributed by atoms with E-state index in [-0.39, 0.29) is 17.9 Å². The van der Waals surface area contributed by atoms with Gasteiger partial charge in [-0.05, 0) is 85.7 Å². The van der Waals surface area contributed by atoms with Crippen LogP contribution in [0.25, 0.3) is 5.57 Å². The van der Waals surface area contributed by atoms with Gasteiger partial charge in [0.1, 0.15) is 12.4 Å². The van der Waals surface area contributed by atoms with Crippen LogP contribution >= 0.6 is 0 Å². The van der Waals surface area contributed by atoms with Gasteiger partial charge in [0, 0.05) is 47.7 Å². The highest BCUT2D eigenvalue weighted by Gasteiger charge is 2.33. The third kappa shape index (κ3) is 8.92. The number of aryl methyl sites for hydroxylation is 1. The number of fused-ring (bicyclic) bond motifs is 3. The normalized spacial score (nSPS) is 22.4. The monoisotopic (exact) mass is 694 g/mol. The van der Waals surface area contributed by atoms with Gasteiger partial charge in [0.05, 0.1) is 47.1 Å². The quantitative estimate of drug-likeness (QED) is 0.162. The van der Waals surface area contributed by atoms with Crippen LogP contribution in [0, 0.1) is 5.92 Å². The molecule has 0 spiro atoms. The number of imidazole rings is 1. The molecule has 2 unspecified atom stereocenters. The molecule has 3 aromatic rings. The van der Waals surface area contributed by atoms with Crippen molar-refractivity contribution in [1.29, 1.82) is 0 Å². The van der Waals surface area contributed by atoms with E-state index in [1.807, 2.05) is 42.5 Å². The number of allylic oxidation sites excluding steroid dienone is 5. The lowest BCUT2D eigenvalue weighted by Crippen LogP contribution is -2.45. The van der Waals surface area contributed by atoms with E-state index in [1.54, 1.807) is 12.5 Å². The van der Waals surface area contributed by atoms with Gasteiger partial charge in [-0.3, -0.25) is 9.00 Å². The number of amides is 1. The molecule has 0 saturated heterocycles. The summed E-state index contributed by atoms with van der Waals surface area (Å²) in [7, 11) is -1.21. The maximum absolute atomic E-state index is 13.7. The number of nitrogens with one attached hydrogen (secondary N) is 1. The first kappa shape index (κ1) is 35.6. The first-order valence-corrected chi connectivity index (χ1v) is 19.5. The Hall–Kier alpha value is -4.21. The number of unbranched alkanes of at least 4 members (excludes halogenated alkanes) is 1. The van der Waals surface area contributed by atoms with Crippen molar-refractivity contribution in [2.75, 3.05) is 31.7 Å². The summed E-state index contributed by atoms with van der Waals surface area (Å²) in [6.45, 7) is 7.62. The third-order valence-electron chi connectivity index (χ3n) is 9.60. The van der Waals surface area contributed by atoms with Crippen LogP contribution in [-0.4, -0.2) is 57.0 Å².